The number of rotatable bonds is 13. The van der Waals surface area contributed by atoms with Gasteiger partial charge in [0.1, 0.15) is 25.5 Å². The summed E-state index contributed by atoms with van der Waals surface area (Å²) in [5, 5.41) is 18.9. The molecule has 0 saturated carbocycles. The molecule has 0 aromatic carbocycles. The highest BCUT2D eigenvalue weighted by molar-refractivity contribution is 4.66. The van der Waals surface area contributed by atoms with Crippen LogP contribution in [-0.4, -0.2) is 27.5 Å². The van der Waals surface area contributed by atoms with Gasteiger partial charge in [-0.3, -0.25) is 0 Å². The molecular formula is C17H33ClN2O2. The third-order valence-corrected chi connectivity index (χ3v) is 3.92. The zero-order chi connectivity index (χ0) is 15.3. The normalized spacial score (nSPS) is 12.1. The van der Waals surface area contributed by atoms with Gasteiger partial charge in [0.15, 0.2) is 0 Å². The standard InChI is InChI=1S/C17H33N2O2.ClH/c1-2-3-4-5-6-7-8-9-10-17(21)15-19-12-11-18(16-19)13-14-20;/h11-12,16-17,20-21H,2-10,13-15H2,1H3;1H/q+1;/p-1. The lowest BCUT2D eigenvalue weighted by Crippen LogP contribution is -3.00. The number of halogens is 1. The molecule has 0 bridgehead atoms. The van der Waals surface area contributed by atoms with Crippen LogP contribution in [0.2, 0.25) is 0 Å². The van der Waals surface area contributed by atoms with Crippen molar-refractivity contribution in [3.8, 4) is 0 Å². The highest BCUT2D eigenvalue weighted by Crippen LogP contribution is 2.10. The number of unbranched alkanes of at least 4 members (excludes halogenated alkanes) is 7. The Kier molecular flexibility index (Phi) is 13.7. The quantitative estimate of drug-likeness (QED) is 0.384. The second kappa shape index (κ2) is 14.0. The van der Waals surface area contributed by atoms with E-state index in [9.17, 15) is 5.11 Å². The highest BCUT2D eigenvalue weighted by atomic mass is 35.5. The molecule has 5 heteroatoms. The topological polar surface area (TPSA) is 49.3 Å². The van der Waals surface area contributed by atoms with E-state index in [2.05, 4.69) is 6.92 Å². The summed E-state index contributed by atoms with van der Waals surface area (Å²) in [5.74, 6) is 0. The Morgan fingerprint density at radius 3 is 2.32 bits per heavy atom. The van der Waals surface area contributed by atoms with Crippen LogP contribution in [0.1, 0.15) is 64.7 Å². The largest absolute Gasteiger partial charge is 1.00 e. The third-order valence-electron chi connectivity index (χ3n) is 3.92. The Balaban J connectivity index is 0.00000441. The van der Waals surface area contributed by atoms with Crippen molar-refractivity contribution in [2.45, 2.75) is 83.9 Å². The molecule has 4 nitrogen and oxygen atoms in total. The maximum atomic E-state index is 10.0. The second-order valence-corrected chi connectivity index (χ2v) is 5.99. The average molecular weight is 333 g/mol. The molecule has 0 radical (unpaired) electrons. The van der Waals surface area contributed by atoms with Crippen molar-refractivity contribution < 1.29 is 27.2 Å². The fourth-order valence-corrected chi connectivity index (χ4v) is 2.64. The number of hydrogen-bond acceptors (Lipinski definition) is 2. The molecule has 0 aliphatic rings. The molecule has 0 saturated heterocycles. The molecular weight excluding hydrogens is 300 g/mol. The predicted molar refractivity (Wildman–Crippen MR) is 84.9 cm³/mol. The van der Waals surface area contributed by atoms with Gasteiger partial charge in [-0.25, -0.2) is 9.13 Å². The first-order chi connectivity index (χ1) is 10.3. The van der Waals surface area contributed by atoms with Gasteiger partial charge in [-0.2, -0.15) is 0 Å². The molecule has 130 valence electrons. The van der Waals surface area contributed by atoms with Crippen molar-refractivity contribution in [3.63, 3.8) is 0 Å². The van der Waals surface area contributed by atoms with E-state index in [1.54, 1.807) is 0 Å². The zero-order valence-electron chi connectivity index (χ0n) is 14.0. The minimum Gasteiger partial charge on any atom is -1.00 e. The predicted octanol–water partition coefficient (Wildman–Crippen LogP) is -0.336. The Hall–Kier alpha value is -0.580. The number of aliphatic hydroxyl groups excluding tert-OH is 2. The molecule has 0 amide bonds. The van der Waals surface area contributed by atoms with E-state index in [0.29, 0.717) is 13.1 Å². The summed E-state index contributed by atoms with van der Waals surface area (Å²) in [5.41, 5.74) is 0. The van der Waals surface area contributed by atoms with Gasteiger partial charge in [-0.1, -0.05) is 58.3 Å². The van der Waals surface area contributed by atoms with Gasteiger partial charge in [-0.05, 0) is 6.42 Å². The summed E-state index contributed by atoms with van der Waals surface area (Å²) in [6, 6.07) is 0. The van der Waals surface area contributed by atoms with Crippen LogP contribution in [-0.2, 0) is 13.1 Å². The van der Waals surface area contributed by atoms with Crippen LogP contribution >= 0.6 is 0 Å². The zero-order valence-corrected chi connectivity index (χ0v) is 14.7. The van der Waals surface area contributed by atoms with E-state index in [1.165, 1.54) is 44.9 Å². The molecule has 22 heavy (non-hydrogen) atoms. The average Bonchev–Trinajstić information content (AvgIpc) is 2.89. The Morgan fingerprint density at radius 2 is 1.68 bits per heavy atom. The van der Waals surface area contributed by atoms with Gasteiger partial charge in [0.25, 0.3) is 0 Å². The van der Waals surface area contributed by atoms with Gasteiger partial charge in [0.2, 0.25) is 6.33 Å². The summed E-state index contributed by atoms with van der Waals surface area (Å²) in [4.78, 5) is 0. The van der Waals surface area contributed by atoms with Crippen molar-refractivity contribution in [3.05, 3.63) is 18.7 Å². The lowest BCUT2D eigenvalue weighted by Gasteiger charge is -2.08. The van der Waals surface area contributed by atoms with E-state index in [0.717, 1.165) is 12.8 Å². The minimum absolute atomic E-state index is 0. The smallest absolute Gasteiger partial charge is 0.243 e. The maximum Gasteiger partial charge on any atom is 0.243 e. The summed E-state index contributed by atoms with van der Waals surface area (Å²) >= 11 is 0. The maximum absolute atomic E-state index is 10.0. The van der Waals surface area contributed by atoms with Crippen LogP contribution in [0.5, 0.6) is 0 Å². The van der Waals surface area contributed by atoms with Crippen LogP contribution in [0, 0.1) is 0 Å². The van der Waals surface area contributed by atoms with E-state index in [4.69, 9.17) is 5.11 Å². The summed E-state index contributed by atoms with van der Waals surface area (Å²) in [6.07, 6.45) is 16.9. The number of aliphatic hydroxyl groups is 2. The molecule has 0 aliphatic heterocycles. The Morgan fingerprint density at radius 1 is 1.05 bits per heavy atom. The van der Waals surface area contributed by atoms with Crippen molar-refractivity contribution >= 4 is 0 Å². The van der Waals surface area contributed by atoms with Crippen LogP contribution in [0.4, 0.5) is 0 Å². The number of hydrogen-bond donors (Lipinski definition) is 2. The molecule has 2 N–H and O–H groups in total. The molecule has 0 spiro atoms. The first kappa shape index (κ1) is 21.4. The van der Waals surface area contributed by atoms with Crippen LogP contribution < -0.4 is 17.0 Å². The monoisotopic (exact) mass is 332 g/mol. The Labute approximate surface area is 141 Å². The lowest BCUT2D eigenvalue weighted by atomic mass is 10.1. The number of aromatic nitrogens is 2. The van der Waals surface area contributed by atoms with Crippen molar-refractivity contribution in [2.24, 2.45) is 0 Å². The lowest BCUT2D eigenvalue weighted by molar-refractivity contribution is -0.703. The van der Waals surface area contributed by atoms with Gasteiger partial charge in [0.05, 0.1) is 12.7 Å². The summed E-state index contributed by atoms with van der Waals surface area (Å²) in [6.45, 7) is 3.66. The molecule has 1 atom stereocenters. The molecule has 1 unspecified atom stereocenters. The molecule has 0 aliphatic carbocycles. The van der Waals surface area contributed by atoms with Gasteiger partial charge in [-0.15, -0.1) is 0 Å². The molecule has 1 heterocycles. The fraction of sp³-hybridized carbons (Fsp3) is 0.824. The van der Waals surface area contributed by atoms with Gasteiger partial charge < -0.3 is 22.6 Å². The van der Waals surface area contributed by atoms with Crippen LogP contribution in [0.15, 0.2) is 18.7 Å². The van der Waals surface area contributed by atoms with Crippen LogP contribution in [0.3, 0.4) is 0 Å². The van der Waals surface area contributed by atoms with E-state index < -0.39 is 0 Å². The Bertz CT molecular complexity index is 358. The summed E-state index contributed by atoms with van der Waals surface area (Å²) in [7, 11) is 0. The SMILES string of the molecule is CCCCCCCCCCC(O)C[n+]1ccn(CCO)c1.[Cl-]. The van der Waals surface area contributed by atoms with E-state index in [1.807, 2.05) is 27.9 Å². The molecule has 1 aromatic rings. The highest BCUT2D eigenvalue weighted by Gasteiger charge is 2.10. The van der Waals surface area contributed by atoms with Crippen LogP contribution in [0.25, 0.3) is 0 Å². The first-order valence-electron chi connectivity index (χ1n) is 8.60. The second-order valence-electron chi connectivity index (χ2n) is 5.99. The summed E-state index contributed by atoms with van der Waals surface area (Å²) < 4.78 is 3.92. The molecule has 1 aromatic heterocycles. The fourth-order valence-electron chi connectivity index (χ4n) is 2.64. The first-order valence-corrected chi connectivity index (χ1v) is 8.60. The number of imidazole rings is 1. The van der Waals surface area contributed by atoms with E-state index >= 15 is 0 Å². The minimum atomic E-state index is -0.264. The third kappa shape index (κ3) is 10.2. The molecule has 1 rings (SSSR count). The van der Waals surface area contributed by atoms with Gasteiger partial charge in [0, 0.05) is 0 Å². The van der Waals surface area contributed by atoms with Crippen molar-refractivity contribution in [1.29, 1.82) is 0 Å². The molecule has 0 fully saturated rings. The van der Waals surface area contributed by atoms with Crippen molar-refractivity contribution in [2.75, 3.05) is 6.61 Å². The van der Waals surface area contributed by atoms with Crippen molar-refractivity contribution in [1.82, 2.24) is 4.57 Å². The number of nitrogens with zero attached hydrogens (tertiary/aromatic N) is 2. The van der Waals surface area contributed by atoms with E-state index in [-0.39, 0.29) is 25.1 Å². The van der Waals surface area contributed by atoms with Gasteiger partial charge >= 0.3 is 0 Å².